The first-order valence-electron chi connectivity index (χ1n) is 8.05. The first-order valence-corrected chi connectivity index (χ1v) is 8.05. The maximum Gasteiger partial charge on any atom is 0.251 e. The molecule has 0 spiro atoms. The van der Waals surface area contributed by atoms with Gasteiger partial charge in [-0.3, -0.25) is 4.79 Å². The second-order valence-corrected chi connectivity index (χ2v) is 6.38. The number of amides is 1. The van der Waals surface area contributed by atoms with Gasteiger partial charge in [0.05, 0.1) is 12.6 Å². The number of ether oxygens (including phenoxy) is 1. The Hall–Kier alpha value is -1.36. The average Bonchev–Trinajstić information content (AvgIpc) is 3.24. The normalized spacial score (nSPS) is 24.1. The fourth-order valence-electron chi connectivity index (χ4n) is 3.05. The van der Waals surface area contributed by atoms with E-state index in [4.69, 9.17) is 4.74 Å². The Bertz CT molecular complexity index is 495. The van der Waals surface area contributed by atoms with Crippen LogP contribution >= 0.6 is 0 Å². The summed E-state index contributed by atoms with van der Waals surface area (Å²) in [6.07, 6.45) is 8.20. The standard InChI is InChI=1S/C16H25N3O2/c1-12(21-11-14-5-6-14)16(20)18-8-3-4-15(10-18)19-9-7-17-13(19)2/h7,9,12,14-15H,3-6,8,10-11H2,1-2H3. The molecule has 0 bridgehead atoms. The number of piperidine rings is 1. The molecule has 1 saturated heterocycles. The highest BCUT2D eigenvalue weighted by Gasteiger charge is 2.30. The van der Waals surface area contributed by atoms with E-state index in [1.807, 2.05) is 31.1 Å². The fraction of sp³-hybridized carbons (Fsp3) is 0.750. The molecule has 116 valence electrons. The maximum absolute atomic E-state index is 12.5. The van der Waals surface area contributed by atoms with Gasteiger partial charge in [0.15, 0.2) is 0 Å². The molecule has 5 nitrogen and oxygen atoms in total. The highest BCUT2D eigenvalue weighted by atomic mass is 16.5. The molecule has 2 fully saturated rings. The van der Waals surface area contributed by atoms with E-state index in [-0.39, 0.29) is 12.0 Å². The van der Waals surface area contributed by atoms with Gasteiger partial charge in [-0.05, 0) is 45.4 Å². The number of hydrogen-bond donors (Lipinski definition) is 0. The van der Waals surface area contributed by atoms with E-state index in [2.05, 4.69) is 9.55 Å². The number of nitrogens with zero attached hydrogens (tertiary/aromatic N) is 3. The minimum atomic E-state index is -0.312. The molecule has 0 N–H and O–H groups in total. The van der Waals surface area contributed by atoms with Crippen molar-refractivity contribution in [3.8, 4) is 0 Å². The van der Waals surface area contributed by atoms with E-state index < -0.39 is 0 Å². The topological polar surface area (TPSA) is 47.4 Å². The molecule has 2 unspecified atom stereocenters. The molecule has 1 amide bonds. The molecule has 1 aromatic rings. The number of rotatable bonds is 5. The lowest BCUT2D eigenvalue weighted by atomic mass is 10.0. The quantitative estimate of drug-likeness (QED) is 0.835. The predicted molar refractivity (Wildman–Crippen MR) is 80.0 cm³/mol. The molecule has 2 aliphatic rings. The number of carbonyl (C=O) groups is 1. The van der Waals surface area contributed by atoms with E-state index in [1.165, 1.54) is 12.8 Å². The van der Waals surface area contributed by atoms with E-state index in [9.17, 15) is 4.79 Å². The van der Waals surface area contributed by atoms with Gasteiger partial charge in [-0.1, -0.05) is 0 Å². The van der Waals surface area contributed by atoms with Gasteiger partial charge < -0.3 is 14.2 Å². The summed E-state index contributed by atoms with van der Waals surface area (Å²) >= 11 is 0. The minimum Gasteiger partial charge on any atom is -0.368 e. The highest BCUT2D eigenvalue weighted by Crippen LogP contribution is 2.29. The van der Waals surface area contributed by atoms with E-state index in [0.717, 1.165) is 38.4 Å². The molecule has 2 heterocycles. The van der Waals surface area contributed by atoms with Crippen molar-refractivity contribution < 1.29 is 9.53 Å². The lowest BCUT2D eigenvalue weighted by Gasteiger charge is -2.35. The van der Waals surface area contributed by atoms with Crippen molar-refractivity contribution >= 4 is 5.91 Å². The molecule has 5 heteroatoms. The van der Waals surface area contributed by atoms with Crippen LogP contribution in [0.5, 0.6) is 0 Å². The molecule has 1 aromatic heterocycles. The molecule has 1 aliphatic carbocycles. The Kier molecular flexibility index (Phi) is 4.29. The number of hydrogen-bond acceptors (Lipinski definition) is 3. The highest BCUT2D eigenvalue weighted by molar-refractivity contribution is 5.80. The van der Waals surface area contributed by atoms with Crippen molar-refractivity contribution in [1.29, 1.82) is 0 Å². The maximum atomic E-state index is 12.5. The molecule has 1 saturated carbocycles. The second-order valence-electron chi connectivity index (χ2n) is 6.38. The molecule has 2 atom stereocenters. The number of aromatic nitrogens is 2. The van der Waals surface area contributed by atoms with Crippen LogP contribution in [0.2, 0.25) is 0 Å². The van der Waals surface area contributed by atoms with E-state index >= 15 is 0 Å². The van der Waals surface area contributed by atoms with Crippen molar-refractivity contribution in [3.63, 3.8) is 0 Å². The largest absolute Gasteiger partial charge is 0.368 e. The summed E-state index contributed by atoms with van der Waals surface area (Å²) < 4.78 is 7.91. The summed E-state index contributed by atoms with van der Waals surface area (Å²) in [7, 11) is 0. The van der Waals surface area contributed by atoms with Crippen LogP contribution in [0.1, 0.15) is 44.5 Å². The monoisotopic (exact) mass is 291 g/mol. The van der Waals surface area contributed by atoms with Crippen molar-refractivity contribution in [2.24, 2.45) is 5.92 Å². The van der Waals surface area contributed by atoms with Crippen LogP contribution in [-0.2, 0) is 9.53 Å². The van der Waals surface area contributed by atoms with Gasteiger partial charge in [-0.15, -0.1) is 0 Å². The van der Waals surface area contributed by atoms with E-state index in [1.54, 1.807) is 0 Å². The number of aryl methyl sites for hydroxylation is 1. The van der Waals surface area contributed by atoms with Gasteiger partial charge in [0.25, 0.3) is 5.91 Å². The smallest absolute Gasteiger partial charge is 0.251 e. The van der Waals surface area contributed by atoms with Crippen molar-refractivity contribution in [2.75, 3.05) is 19.7 Å². The zero-order chi connectivity index (χ0) is 14.8. The Labute approximate surface area is 126 Å². The third kappa shape index (κ3) is 3.46. The second kappa shape index (κ2) is 6.18. The summed E-state index contributed by atoms with van der Waals surface area (Å²) in [5.41, 5.74) is 0. The van der Waals surface area contributed by atoms with Gasteiger partial charge in [0.2, 0.25) is 0 Å². The summed E-state index contributed by atoms with van der Waals surface area (Å²) in [6, 6.07) is 0.348. The summed E-state index contributed by atoms with van der Waals surface area (Å²) in [5.74, 6) is 1.86. The van der Waals surface area contributed by atoms with Crippen molar-refractivity contribution in [3.05, 3.63) is 18.2 Å². The molecule has 21 heavy (non-hydrogen) atoms. The Morgan fingerprint density at radius 3 is 2.95 bits per heavy atom. The van der Waals surface area contributed by atoms with Crippen LogP contribution in [0.15, 0.2) is 12.4 Å². The molecular weight excluding hydrogens is 266 g/mol. The van der Waals surface area contributed by atoms with Crippen LogP contribution in [-0.4, -0.2) is 46.2 Å². The zero-order valence-corrected chi connectivity index (χ0v) is 13.0. The fourth-order valence-corrected chi connectivity index (χ4v) is 3.05. The van der Waals surface area contributed by atoms with Crippen LogP contribution in [0.25, 0.3) is 0 Å². The molecular formula is C16H25N3O2. The van der Waals surface area contributed by atoms with Gasteiger partial charge in [-0.2, -0.15) is 0 Å². The molecule has 0 radical (unpaired) electrons. The van der Waals surface area contributed by atoms with Crippen LogP contribution in [0.4, 0.5) is 0 Å². The number of likely N-dealkylation sites (tertiary alicyclic amines) is 1. The SMILES string of the molecule is Cc1nccn1C1CCCN(C(=O)C(C)OCC2CC2)C1. The molecule has 0 aromatic carbocycles. The molecule has 3 rings (SSSR count). The first-order chi connectivity index (χ1) is 10.1. The van der Waals surface area contributed by atoms with Gasteiger partial charge in [0.1, 0.15) is 11.9 Å². The van der Waals surface area contributed by atoms with Gasteiger partial charge >= 0.3 is 0 Å². The molecule has 1 aliphatic heterocycles. The zero-order valence-electron chi connectivity index (χ0n) is 13.0. The lowest BCUT2D eigenvalue weighted by molar-refractivity contribution is -0.144. The average molecular weight is 291 g/mol. The third-order valence-corrected chi connectivity index (χ3v) is 4.59. The van der Waals surface area contributed by atoms with E-state index in [0.29, 0.717) is 12.0 Å². The number of carbonyl (C=O) groups excluding carboxylic acids is 1. The summed E-state index contributed by atoms with van der Waals surface area (Å²) in [6.45, 7) is 6.26. The van der Waals surface area contributed by atoms with Crippen molar-refractivity contribution in [2.45, 2.75) is 51.7 Å². The van der Waals surface area contributed by atoms with Crippen LogP contribution in [0, 0.1) is 12.8 Å². The predicted octanol–water partition coefficient (Wildman–Crippen LogP) is 2.17. The minimum absolute atomic E-state index is 0.137. The Morgan fingerprint density at radius 2 is 2.29 bits per heavy atom. The number of imidazole rings is 1. The van der Waals surface area contributed by atoms with Crippen molar-refractivity contribution in [1.82, 2.24) is 14.5 Å². The summed E-state index contributed by atoms with van der Waals surface area (Å²) in [4.78, 5) is 18.8. The van der Waals surface area contributed by atoms with Gasteiger partial charge in [0, 0.05) is 25.5 Å². The van der Waals surface area contributed by atoms with Crippen LogP contribution in [0.3, 0.4) is 0 Å². The Balaban J connectivity index is 1.57. The lowest BCUT2D eigenvalue weighted by Crippen LogP contribution is -2.45. The third-order valence-electron chi connectivity index (χ3n) is 4.59. The van der Waals surface area contributed by atoms with Crippen LogP contribution < -0.4 is 0 Å². The van der Waals surface area contributed by atoms with Gasteiger partial charge in [-0.25, -0.2) is 4.98 Å². The Morgan fingerprint density at radius 1 is 1.48 bits per heavy atom. The summed E-state index contributed by atoms with van der Waals surface area (Å²) in [5, 5.41) is 0. The first kappa shape index (κ1) is 14.6.